The number of hydrogen-bond acceptors (Lipinski definition) is 6. The van der Waals surface area contributed by atoms with Gasteiger partial charge in [-0.15, -0.1) is 0 Å². The monoisotopic (exact) mass is 415 g/mol. The highest BCUT2D eigenvalue weighted by molar-refractivity contribution is 7.94. The second-order valence-corrected chi connectivity index (χ2v) is 9.38. The molecule has 7 nitrogen and oxygen atoms in total. The number of amides is 1. The van der Waals surface area contributed by atoms with Gasteiger partial charge in [0.25, 0.3) is 0 Å². The molecule has 1 aliphatic heterocycles. The van der Waals surface area contributed by atoms with E-state index in [1.807, 2.05) is 26.8 Å². The van der Waals surface area contributed by atoms with Crippen LogP contribution in [-0.4, -0.2) is 26.1 Å². The zero-order chi connectivity index (χ0) is 20.9. The average Bonchev–Trinajstić information content (AvgIpc) is 3.11. The van der Waals surface area contributed by atoms with Crippen molar-refractivity contribution in [2.75, 3.05) is 5.75 Å². The van der Waals surface area contributed by atoms with Gasteiger partial charge in [-0.1, -0.05) is 0 Å². The molecule has 4 rings (SSSR count). The van der Waals surface area contributed by atoms with Crippen molar-refractivity contribution in [3.05, 3.63) is 56.5 Å². The van der Waals surface area contributed by atoms with Crippen molar-refractivity contribution in [2.45, 2.75) is 39.7 Å². The predicted octanol–water partition coefficient (Wildman–Crippen LogP) is 2.82. The molecule has 0 fully saturated rings. The van der Waals surface area contributed by atoms with Crippen molar-refractivity contribution >= 4 is 37.7 Å². The van der Waals surface area contributed by atoms with E-state index in [0.717, 1.165) is 33.1 Å². The van der Waals surface area contributed by atoms with E-state index in [2.05, 4.69) is 5.32 Å². The lowest BCUT2D eigenvalue weighted by molar-refractivity contribution is -0.121. The Morgan fingerprint density at radius 2 is 1.79 bits per heavy atom. The summed E-state index contributed by atoms with van der Waals surface area (Å²) in [7, 11) is -3.23. The zero-order valence-corrected chi connectivity index (χ0v) is 17.2. The Bertz CT molecular complexity index is 1340. The third-order valence-electron chi connectivity index (χ3n) is 5.46. The van der Waals surface area contributed by atoms with Crippen molar-refractivity contribution in [1.82, 2.24) is 5.32 Å². The number of carbonyl (C=O) groups is 1. The normalized spacial score (nSPS) is 18.0. The molecule has 0 saturated carbocycles. The van der Waals surface area contributed by atoms with E-state index >= 15 is 0 Å². The minimum Gasteiger partial charge on any atom is -0.461 e. The topological polar surface area (TPSA) is 107 Å². The van der Waals surface area contributed by atoms with Gasteiger partial charge in [0.2, 0.25) is 5.91 Å². The van der Waals surface area contributed by atoms with Crippen LogP contribution in [0, 0.1) is 20.8 Å². The summed E-state index contributed by atoms with van der Waals surface area (Å²) < 4.78 is 34.1. The molecule has 3 heterocycles. The molecule has 29 heavy (non-hydrogen) atoms. The lowest BCUT2D eigenvalue weighted by Crippen LogP contribution is -2.35. The highest BCUT2D eigenvalue weighted by atomic mass is 32.2. The van der Waals surface area contributed by atoms with Crippen molar-refractivity contribution < 1.29 is 22.0 Å². The predicted molar refractivity (Wildman–Crippen MR) is 110 cm³/mol. The minimum atomic E-state index is -3.23. The van der Waals surface area contributed by atoms with Gasteiger partial charge < -0.3 is 14.2 Å². The fourth-order valence-electron chi connectivity index (χ4n) is 3.70. The second kappa shape index (κ2) is 6.88. The lowest BCUT2D eigenvalue weighted by atomic mass is 10.0. The number of rotatable bonds is 4. The summed E-state index contributed by atoms with van der Waals surface area (Å²) in [6, 6.07) is 3.15. The number of carbonyl (C=O) groups excluding carboxylic acids is 1. The smallest absolute Gasteiger partial charge is 0.339 e. The summed E-state index contributed by atoms with van der Waals surface area (Å²) in [6.07, 6.45) is 1.73. The number of sulfone groups is 1. The third-order valence-corrected chi connectivity index (χ3v) is 6.86. The summed E-state index contributed by atoms with van der Waals surface area (Å²) in [6.45, 7) is 5.70. The lowest BCUT2D eigenvalue weighted by Gasteiger charge is -2.11. The molecule has 1 N–H and O–H groups in total. The first-order chi connectivity index (χ1) is 13.6. The zero-order valence-electron chi connectivity index (χ0n) is 16.4. The molecular formula is C21H21NO6S. The van der Waals surface area contributed by atoms with Gasteiger partial charge in [-0.05, 0) is 50.5 Å². The van der Waals surface area contributed by atoms with Gasteiger partial charge in [0, 0.05) is 34.2 Å². The van der Waals surface area contributed by atoms with Crippen LogP contribution in [-0.2, 0) is 21.1 Å². The number of furan rings is 1. The van der Waals surface area contributed by atoms with E-state index in [1.54, 1.807) is 6.07 Å². The Labute approximate surface area is 167 Å². The third kappa shape index (κ3) is 3.60. The van der Waals surface area contributed by atoms with Crippen molar-refractivity contribution in [3.8, 4) is 0 Å². The molecule has 3 aromatic rings. The summed E-state index contributed by atoms with van der Waals surface area (Å²) in [4.78, 5) is 24.7. The SMILES string of the molecule is Cc1oc2cc3oc(=O)c(CCC(=O)N[C@@H]4C=CS(=O)(=O)C4)c(C)c3cc2c1C. The quantitative estimate of drug-likeness (QED) is 0.657. The number of nitrogens with one attached hydrogen (secondary N) is 1. The van der Waals surface area contributed by atoms with Crippen LogP contribution in [0.4, 0.5) is 0 Å². The molecule has 0 aliphatic carbocycles. The van der Waals surface area contributed by atoms with E-state index in [-0.39, 0.29) is 24.5 Å². The molecule has 0 spiro atoms. The van der Waals surface area contributed by atoms with Gasteiger partial charge in [0.05, 0.1) is 11.8 Å². The average molecular weight is 415 g/mol. The highest BCUT2D eigenvalue weighted by Crippen LogP contribution is 2.31. The minimum absolute atomic E-state index is 0.0631. The molecule has 1 aliphatic rings. The van der Waals surface area contributed by atoms with Crippen LogP contribution in [0.2, 0.25) is 0 Å². The molecule has 1 aromatic carbocycles. The molecule has 8 heteroatoms. The van der Waals surface area contributed by atoms with Crippen molar-refractivity contribution in [2.24, 2.45) is 0 Å². The highest BCUT2D eigenvalue weighted by Gasteiger charge is 2.23. The van der Waals surface area contributed by atoms with Gasteiger partial charge in [-0.2, -0.15) is 0 Å². The molecule has 0 saturated heterocycles. The summed E-state index contributed by atoms with van der Waals surface area (Å²) in [5, 5.41) is 5.55. The maximum Gasteiger partial charge on any atom is 0.339 e. The Morgan fingerprint density at radius 1 is 1.10 bits per heavy atom. The number of fused-ring (bicyclic) bond motifs is 2. The Kier molecular flexibility index (Phi) is 4.61. The molecule has 152 valence electrons. The van der Waals surface area contributed by atoms with Crippen molar-refractivity contribution in [3.63, 3.8) is 0 Å². The standard InChI is InChI=1S/C21H21NO6S/c1-11-13(3)27-18-9-19-17(8-16(11)18)12(2)15(21(24)28-19)4-5-20(23)22-14-6-7-29(25,26)10-14/h6-9,14H,4-5,10H2,1-3H3,(H,22,23)/t14-/m1/s1. The van der Waals surface area contributed by atoms with Gasteiger partial charge in [0.15, 0.2) is 9.84 Å². The van der Waals surface area contributed by atoms with Gasteiger partial charge >= 0.3 is 5.63 Å². The number of hydrogen-bond donors (Lipinski definition) is 1. The Morgan fingerprint density at radius 3 is 2.48 bits per heavy atom. The molecule has 2 aromatic heterocycles. The first kappa shape index (κ1) is 19.4. The summed E-state index contributed by atoms with van der Waals surface area (Å²) in [5.41, 5.74) is 2.88. The van der Waals surface area contributed by atoms with E-state index in [0.29, 0.717) is 16.7 Å². The molecule has 0 unspecified atom stereocenters. The molecule has 1 amide bonds. The Balaban J connectivity index is 1.59. The van der Waals surface area contributed by atoms with E-state index in [1.165, 1.54) is 6.08 Å². The Hall–Kier alpha value is -2.87. The molecular weight excluding hydrogens is 394 g/mol. The fraction of sp³-hybridized carbons (Fsp3) is 0.333. The van der Waals surface area contributed by atoms with Gasteiger partial charge in [0.1, 0.15) is 16.9 Å². The van der Waals surface area contributed by atoms with Crippen molar-refractivity contribution in [1.29, 1.82) is 0 Å². The molecule has 1 atom stereocenters. The van der Waals surface area contributed by atoms with Gasteiger partial charge in [-0.3, -0.25) is 4.79 Å². The molecule has 0 bridgehead atoms. The largest absolute Gasteiger partial charge is 0.461 e. The summed E-state index contributed by atoms with van der Waals surface area (Å²) in [5.74, 6) is 0.373. The second-order valence-electron chi connectivity index (χ2n) is 7.45. The van der Waals surface area contributed by atoms with Crippen LogP contribution in [0.5, 0.6) is 0 Å². The van der Waals surface area contributed by atoms with Crippen LogP contribution in [0.3, 0.4) is 0 Å². The number of aryl methyl sites for hydroxylation is 3. The van der Waals surface area contributed by atoms with E-state index < -0.39 is 21.5 Å². The van der Waals surface area contributed by atoms with Crippen LogP contribution < -0.4 is 10.9 Å². The van der Waals surface area contributed by atoms with E-state index in [9.17, 15) is 18.0 Å². The maximum atomic E-state index is 12.5. The first-order valence-electron chi connectivity index (χ1n) is 9.31. The van der Waals surface area contributed by atoms with E-state index in [4.69, 9.17) is 8.83 Å². The fourth-order valence-corrected chi connectivity index (χ4v) is 4.93. The van der Waals surface area contributed by atoms with Crippen LogP contribution >= 0.6 is 0 Å². The number of benzene rings is 1. The molecule has 0 radical (unpaired) electrons. The van der Waals surface area contributed by atoms with Crippen LogP contribution in [0.1, 0.15) is 28.9 Å². The first-order valence-corrected chi connectivity index (χ1v) is 11.0. The maximum absolute atomic E-state index is 12.5. The van der Waals surface area contributed by atoms with Crippen LogP contribution in [0.15, 0.2) is 37.2 Å². The summed E-state index contributed by atoms with van der Waals surface area (Å²) >= 11 is 0. The van der Waals surface area contributed by atoms with Gasteiger partial charge in [-0.25, -0.2) is 13.2 Å². The van der Waals surface area contributed by atoms with Crippen LogP contribution in [0.25, 0.3) is 21.9 Å².